The molecule has 1 aromatic rings. The van der Waals surface area contributed by atoms with Gasteiger partial charge in [-0.05, 0) is 18.9 Å². The van der Waals surface area contributed by atoms with Gasteiger partial charge in [0.15, 0.2) is 8.38 Å². The summed E-state index contributed by atoms with van der Waals surface area (Å²) in [6, 6.07) is 5.08. The summed E-state index contributed by atoms with van der Waals surface area (Å²) < 4.78 is 0. The lowest BCUT2D eigenvalue weighted by atomic mass is 10.2. The third-order valence-electron chi connectivity index (χ3n) is 1.65. The lowest BCUT2D eigenvalue weighted by Crippen LogP contribution is -2.04. The zero-order valence-corrected chi connectivity index (χ0v) is 9.91. The van der Waals surface area contributed by atoms with Gasteiger partial charge in [0.05, 0.1) is 5.69 Å². The summed E-state index contributed by atoms with van der Waals surface area (Å²) in [6.45, 7) is 11.0. The van der Waals surface area contributed by atoms with Crippen LogP contribution in [-0.2, 0) is 0 Å². The Hall–Kier alpha value is -1.02. The van der Waals surface area contributed by atoms with Crippen molar-refractivity contribution in [1.82, 2.24) is 0 Å². The zero-order chi connectivity index (χ0) is 11.8. The molecule has 3 nitrogen and oxygen atoms in total. The van der Waals surface area contributed by atoms with Crippen LogP contribution in [0.5, 0.6) is 0 Å². The molecule has 1 rings (SSSR count). The monoisotopic (exact) mass is 225 g/mol. The predicted octanol–water partition coefficient (Wildman–Crippen LogP) is 2.61. The first kappa shape index (κ1) is 14.0. The lowest BCUT2D eigenvalue weighted by molar-refractivity contribution is 0.497. The Kier molecular flexibility index (Phi) is 6.80. The highest BCUT2D eigenvalue weighted by atomic mass is 31.2. The first-order valence-electron chi connectivity index (χ1n) is 4.60. The Morgan fingerprint density at radius 1 is 1.33 bits per heavy atom. The lowest BCUT2D eigenvalue weighted by Gasteiger charge is -2.08. The average Bonchev–Trinajstić information content (AvgIpc) is 2.30. The summed E-state index contributed by atoms with van der Waals surface area (Å²) in [6.07, 6.45) is 1.54. The van der Waals surface area contributed by atoms with Crippen molar-refractivity contribution in [3.63, 3.8) is 0 Å². The topological polar surface area (TPSA) is 52.8 Å². The first-order chi connectivity index (χ1) is 7.20. The minimum absolute atomic E-state index is 0.454. The second-order valence-electron chi connectivity index (χ2n) is 2.36. The van der Waals surface area contributed by atoms with Crippen LogP contribution >= 0.6 is 8.38 Å². The zero-order valence-electron chi connectivity index (χ0n) is 9.01. The van der Waals surface area contributed by atoms with E-state index in [-0.39, 0.29) is 0 Å². The predicted molar refractivity (Wildman–Crippen MR) is 68.1 cm³/mol. The van der Waals surface area contributed by atoms with E-state index in [1.54, 1.807) is 24.3 Å². The van der Waals surface area contributed by atoms with Gasteiger partial charge in [-0.1, -0.05) is 32.6 Å². The highest BCUT2D eigenvalue weighted by Crippen LogP contribution is 2.29. The number of hydrogen-bond acceptors (Lipinski definition) is 3. The van der Waals surface area contributed by atoms with Crippen LogP contribution in [0.3, 0.4) is 0 Å². The molecule has 0 bridgehead atoms. The molecule has 0 atom stereocenters. The van der Waals surface area contributed by atoms with Gasteiger partial charge < -0.3 is 9.79 Å². The maximum atomic E-state index is 9.07. The summed E-state index contributed by atoms with van der Waals surface area (Å²) in [5.74, 6) is 0. The van der Waals surface area contributed by atoms with Crippen molar-refractivity contribution < 1.29 is 9.79 Å². The molecule has 82 valence electrons. The summed E-state index contributed by atoms with van der Waals surface area (Å²) in [5.41, 5.74) is 1.25. The van der Waals surface area contributed by atoms with Crippen LogP contribution in [0.4, 0.5) is 5.69 Å². The molecule has 4 heteroatoms. The van der Waals surface area contributed by atoms with Crippen molar-refractivity contribution in [2.75, 3.05) is 0 Å². The molecule has 0 unspecified atom stereocenters. The third-order valence-corrected chi connectivity index (χ3v) is 2.47. The fraction of sp³-hybridized carbons (Fsp3) is 0.182. The fourth-order valence-corrected chi connectivity index (χ4v) is 1.70. The Bertz CT molecular complexity index is 337. The Morgan fingerprint density at radius 3 is 2.33 bits per heavy atom. The highest BCUT2D eigenvalue weighted by Gasteiger charge is 2.10. The van der Waals surface area contributed by atoms with E-state index in [4.69, 9.17) is 9.79 Å². The van der Waals surface area contributed by atoms with Crippen LogP contribution in [0.2, 0.25) is 0 Å². The van der Waals surface area contributed by atoms with Crippen LogP contribution in [0.15, 0.2) is 29.8 Å². The van der Waals surface area contributed by atoms with E-state index in [9.17, 15) is 0 Å². The summed E-state index contributed by atoms with van der Waals surface area (Å²) >= 11 is 0. The second-order valence-corrected chi connectivity index (χ2v) is 3.42. The smallest absolute Gasteiger partial charge is 0.200 e. The minimum Gasteiger partial charge on any atom is -0.347 e. The summed E-state index contributed by atoms with van der Waals surface area (Å²) in [4.78, 5) is 21.9. The molecule has 15 heavy (non-hydrogen) atoms. The molecule has 1 aromatic carbocycles. The second kappa shape index (κ2) is 7.30. The molecule has 0 aliphatic heterocycles. The van der Waals surface area contributed by atoms with Crippen molar-refractivity contribution >= 4 is 32.2 Å². The standard InChI is InChI=1S/C9H10NO2P.C2H6/c1-3-7-8(10-2)5-4-6-9(7)13(11)12;1-2/h3-6,11-12H,1-2H2;1-2H3. The van der Waals surface area contributed by atoms with Crippen LogP contribution in [0, 0.1) is 0 Å². The number of hydrogen-bond donors (Lipinski definition) is 2. The Morgan fingerprint density at radius 2 is 1.93 bits per heavy atom. The molecule has 0 aliphatic rings. The normalized spacial score (nSPS) is 9.13. The van der Waals surface area contributed by atoms with Crippen LogP contribution < -0.4 is 5.30 Å². The quantitative estimate of drug-likeness (QED) is 0.613. The van der Waals surface area contributed by atoms with Gasteiger partial charge >= 0.3 is 0 Å². The molecule has 0 saturated carbocycles. The van der Waals surface area contributed by atoms with Crippen LogP contribution in [-0.4, -0.2) is 16.5 Å². The van der Waals surface area contributed by atoms with E-state index >= 15 is 0 Å². The maximum absolute atomic E-state index is 9.07. The molecular weight excluding hydrogens is 209 g/mol. The maximum Gasteiger partial charge on any atom is 0.200 e. The van der Waals surface area contributed by atoms with Gasteiger partial charge in [0.25, 0.3) is 0 Å². The van der Waals surface area contributed by atoms with Crippen LogP contribution in [0.25, 0.3) is 6.08 Å². The third kappa shape index (κ3) is 3.56. The van der Waals surface area contributed by atoms with Gasteiger partial charge in [-0.2, -0.15) is 0 Å². The van der Waals surface area contributed by atoms with E-state index in [2.05, 4.69) is 18.3 Å². The van der Waals surface area contributed by atoms with Gasteiger partial charge in [0.2, 0.25) is 0 Å². The molecule has 0 saturated heterocycles. The fourth-order valence-electron chi connectivity index (χ4n) is 1.06. The van der Waals surface area contributed by atoms with E-state index in [1.807, 2.05) is 13.8 Å². The van der Waals surface area contributed by atoms with Crippen LogP contribution in [0.1, 0.15) is 19.4 Å². The highest BCUT2D eigenvalue weighted by molar-refractivity contribution is 7.54. The van der Waals surface area contributed by atoms with Gasteiger partial charge in [-0.3, -0.25) is 4.99 Å². The van der Waals surface area contributed by atoms with Crippen molar-refractivity contribution in [3.05, 3.63) is 30.3 Å². The summed E-state index contributed by atoms with van der Waals surface area (Å²) in [7, 11) is -2.10. The molecule has 0 spiro atoms. The van der Waals surface area contributed by atoms with Gasteiger partial charge in [-0.15, -0.1) is 0 Å². The molecule has 0 radical (unpaired) electrons. The molecule has 0 aliphatic carbocycles. The molecule has 0 heterocycles. The van der Waals surface area contributed by atoms with Gasteiger partial charge in [0.1, 0.15) is 0 Å². The number of nitrogens with zero attached hydrogens (tertiary/aromatic N) is 1. The molecule has 0 amide bonds. The number of rotatable bonds is 3. The number of benzene rings is 1. The Balaban J connectivity index is 0.000000921. The van der Waals surface area contributed by atoms with E-state index in [0.717, 1.165) is 0 Å². The van der Waals surface area contributed by atoms with E-state index < -0.39 is 8.38 Å². The summed E-state index contributed by atoms with van der Waals surface area (Å²) in [5, 5.41) is 0.454. The van der Waals surface area contributed by atoms with Gasteiger partial charge in [-0.25, -0.2) is 0 Å². The van der Waals surface area contributed by atoms with Gasteiger partial charge in [0, 0.05) is 10.9 Å². The van der Waals surface area contributed by atoms with Crippen molar-refractivity contribution in [2.45, 2.75) is 13.8 Å². The SMILES string of the molecule is C=Cc1c(N=C)cccc1P(O)O.CC. The van der Waals surface area contributed by atoms with Crippen molar-refractivity contribution in [1.29, 1.82) is 0 Å². The molecule has 2 N–H and O–H groups in total. The van der Waals surface area contributed by atoms with E-state index in [0.29, 0.717) is 16.6 Å². The van der Waals surface area contributed by atoms with Crippen molar-refractivity contribution in [3.8, 4) is 0 Å². The Labute approximate surface area is 91.7 Å². The number of aliphatic imine (C=N–C) groups is 1. The van der Waals surface area contributed by atoms with E-state index in [1.165, 1.54) is 0 Å². The van der Waals surface area contributed by atoms with Crippen molar-refractivity contribution in [2.24, 2.45) is 4.99 Å². The first-order valence-corrected chi connectivity index (χ1v) is 5.85. The molecule has 0 fully saturated rings. The molecular formula is C11H16NO2P. The minimum atomic E-state index is -2.10. The average molecular weight is 225 g/mol. The molecule has 0 aromatic heterocycles. The largest absolute Gasteiger partial charge is 0.347 e.